The lowest BCUT2D eigenvalue weighted by molar-refractivity contribution is -0.155. The fourth-order valence-electron chi connectivity index (χ4n) is 2.47. The van der Waals surface area contributed by atoms with Gasteiger partial charge in [-0.25, -0.2) is 4.79 Å². The van der Waals surface area contributed by atoms with Gasteiger partial charge in [-0.1, -0.05) is 48.0 Å². The minimum Gasteiger partial charge on any atom is -0.484 e. The van der Waals surface area contributed by atoms with Gasteiger partial charge >= 0.3 is 5.97 Å². The summed E-state index contributed by atoms with van der Waals surface area (Å²) in [5.74, 6) is -0.0745. The van der Waals surface area contributed by atoms with Crippen LogP contribution in [0.2, 0.25) is 0 Å². The number of hydrogen-bond donors (Lipinski definition) is 0. The molecule has 0 fully saturated rings. The van der Waals surface area contributed by atoms with Crippen molar-refractivity contribution in [1.29, 1.82) is 0 Å². The van der Waals surface area contributed by atoms with Crippen molar-refractivity contribution >= 4 is 11.9 Å². The van der Waals surface area contributed by atoms with E-state index in [4.69, 9.17) is 9.47 Å². The van der Waals surface area contributed by atoms with Crippen LogP contribution in [-0.4, -0.2) is 36.0 Å². The molecule has 2 aromatic rings. The van der Waals surface area contributed by atoms with Crippen molar-refractivity contribution in [3.8, 4) is 5.75 Å². The van der Waals surface area contributed by atoms with Crippen molar-refractivity contribution < 1.29 is 19.1 Å². The van der Waals surface area contributed by atoms with E-state index in [1.807, 2.05) is 61.5 Å². The predicted octanol–water partition coefficient (Wildman–Crippen LogP) is 3.35. The maximum Gasteiger partial charge on any atom is 0.328 e. The number of nitrogens with zero attached hydrogens (tertiary/aromatic N) is 1. The van der Waals surface area contributed by atoms with Crippen molar-refractivity contribution in [2.45, 2.75) is 33.4 Å². The molecule has 5 nitrogen and oxygen atoms in total. The number of esters is 1. The van der Waals surface area contributed by atoms with Crippen LogP contribution in [0.15, 0.2) is 54.6 Å². The summed E-state index contributed by atoms with van der Waals surface area (Å²) in [7, 11) is 0. The number of aryl methyl sites for hydroxylation is 1. The second kappa shape index (κ2) is 9.61. The van der Waals surface area contributed by atoms with Crippen molar-refractivity contribution in [2.24, 2.45) is 0 Å². The van der Waals surface area contributed by atoms with E-state index in [0.717, 1.165) is 11.1 Å². The molecule has 5 heteroatoms. The fraction of sp³-hybridized carbons (Fsp3) is 0.333. The molecular formula is C21H25NO4. The minimum atomic E-state index is -0.690. The molecule has 26 heavy (non-hydrogen) atoms. The Morgan fingerprint density at radius 2 is 1.69 bits per heavy atom. The summed E-state index contributed by atoms with van der Waals surface area (Å²) in [4.78, 5) is 26.4. The molecule has 0 saturated carbocycles. The smallest absolute Gasteiger partial charge is 0.328 e. The third-order valence-electron chi connectivity index (χ3n) is 3.99. The maximum absolute atomic E-state index is 12.7. The zero-order valence-electron chi connectivity index (χ0n) is 15.5. The number of rotatable bonds is 8. The Labute approximate surface area is 154 Å². The number of benzene rings is 2. The molecule has 0 heterocycles. The molecule has 138 valence electrons. The lowest BCUT2D eigenvalue weighted by Crippen LogP contribution is -2.45. The molecule has 0 aliphatic heterocycles. The Morgan fingerprint density at radius 1 is 1.04 bits per heavy atom. The topological polar surface area (TPSA) is 55.8 Å². The Balaban J connectivity index is 2.09. The van der Waals surface area contributed by atoms with Gasteiger partial charge in [-0.3, -0.25) is 4.79 Å². The van der Waals surface area contributed by atoms with Gasteiger partial charge in [0.1, 0.15) is 11.8 Å². The van der Waals surface area contributed by atoms with E-state index in [-0.39, 0.29) is 19.1 Å². The molecule has 0 bridgehead atoms. The van der Waals surface area contributed by atoms with Crippen molar-refractivity contribution in [1.82, 2.24) is 4.90 Å². The Kier molecular flexibility index (Phi) is 7.21. The molecule has 2 aromatic carbocycles. The number of ether oxygens (including phenoxy) is 2. The summed E-state index contributed by atoms with van der Waals surface area (Å²) in [5.41, 5.74) is 2.05. The zero-order chi connectivity index (χ0) is 18.9. The van der Waals surface area contributed by atoms with Gasteiger partial charge in [0.25, 0.3) is 5.91 Å². The first kappa shape index (κ1) is 19.5. The van der Waals surface area contributed by atoms with Gasteiger partial charge in [0.2, 0.25) is 0 Å². The number of carbonyl (C=O) groups is 2. The van der Waals surface area contributed by atoms with E-state index in [1.54, 1.807) is 13.8 Å². The predicted molar refractivity (Wildman–Crippen MR) is 99.8 cm³/mol. The molecule has 0 saturated heterocycles. The minimum absolute atomic E-state index is 0.139. The number of amides is 1. The summed E-state index contributed by atoms with van der Waals surface area (Å²) in [6, 6.07) is 16.3. The van der Waals surface area contributed by atoms with Gasteiger partial charge < -0.3 is 14.4 Å². The molecule has 1 unspecified atom stereocenters. The van der Waals surface area contributed by atoms with E-state index in [2.05, 4.69) is 0 Å². The second-order valence-corrected chi connectivity index (χ2v) is 6.04. The van der Waals surface area contributed by atoms with Gasteiger partial charge in [0, 0.05) is 6.54 Å². The summed E-state index contributed by atoms with van der Waals surface area (Å²) in [6.07, 6.45) is 0. The molecule has 2 rings (SSSR count). The molecule has 0 spiro atoms. The van der Waals surface area contributed by atoms with Gasteiger partial charge in [-0.15, -0.1) is 0 Å². The Hall–Kier alpha value is -2.82. The highest BCUT2D eigenvalue weighted by atomic mass is 16.5. The molecule has 1 amide bonds. The third-order valence-corrected chi connectivity index (χ3v) is 3.99. The highest BCUT2D eigenvalue weighted by Gasteiger charge is 2.27. The van der Waals surface area contributed by atoms with Gasteiger partial charge in [0.05, 0.1) is 6.61 Å². The summed E-state index contributed by atoms with van der Waals surface area (Å²) in [5, 5.41) is 0. The Bertz CT molecular complexity index is 713. The average molecular weight is 355 g/mol. The monoisotopic (exact) mass is 355 g/mol. The maximum atomic E-state index is 12.7. The van der Waals surface area contributed by atoms with E-state index < -0.39 is 12.0 Å². The van der Waals surface area contributed by atoms with Crippen molar-refractivity contribution in [3.63, 3.8) is 0 Å². The number of carbonyl (C=O) groups excluding carboxylic acids is 2. The van der Waals surface area contributed by atoms with Crippen molar-refractivity contribution in [3.05, 3.63) is 65.7 Å². The highest BCUT2D eigenvalue weighted by Crippen LogP contribution is 2.14. The third kappa shape index (κ3) is 5.62. The van der Waals surface area contributed by atoms with Crippen molar-refractivity contribution in [2.75, 3.05) is 13.2 Å². The van der Waals surface area contributed by atoms with Crippen LogP contribution in [-0.2, 0) is 20.9 Å². The molecule has 0 radical (unpaired) electrons. The lowest BCUT2D eigenvalue weighted by atomic mass is 10.2. The zero-order valence-corrected chi connectivity index (χ0v) is 15.5. The lowest BCUT2D eigenvalue weighted by Gasteiger charge is -2.28. The summed E-state index contributed by atoms with van der Waals surface area (Å²) in [6.45, 7) is 5.85. The molecule has 0 N–H and O–H groups in total. The highest BCUT2D eigenvalue weighted by molar-refractivity contribution is 5.85. The van der Waals surface area contributed by atoms with Crippen LogP contribution in [0.4, 0.5) is 0 Å². The normalized spacial score (nSPS) is 11.5. The standard InChI is InChI=1S/C21H25NO4/c1-4-25-21(24)17(3)22(14-18-8-6-5-7-9-18)20(23)15-26-19-12-10-16(2)11-13-19/h5-13,17H,4,14-15H2,1-3H3. The average Bonchev–Trinajstić information content (AvgIpc) is 2.66. The first-order valence-electron chi connectivity index (χ1n) is 8.70. The molecule has 0 aromatic heterocycles. The van der Waals surface area contributed by atoms with Crippen LogP contribution in [0.1, 0.15) is 25.0 Å². The van der Waals surface area contributed by atoms with E-state index >= 15 is 0 Å². The van der Waals surface area contributed by atoms with Crippen LogP contribution in [0.5, 0.6) is 5.75 Å². The first-order valence-corrected chi connectivity index (χ1v) is 8.70. The molecule has 0 aliphatic rings. The second-order valence-electron chi connectivity index (χ2n) is 6.04. The van der Waals surface area contributed by atoms with E-state index in [1.165, 1.54) is 4.90 Å². The van der Waals surface area contributed by atoms with Crippen LogP contribution < -0.4 is 4.74 Å². The first-order chi connectivity index (χ1) is 12.5. The fourth-order valence-corrected chi connectivity index (χ4v) is 2.47. The van der Waals surface area contributed by atoms with Gasteiger partial charge in [0.15, 0.2) is 6.61 Å². The molecule has 1 atom stereocenters. The van der Waals surface area contributed by atoms with Gasteiger partial charge in [-0.2, -0.15) is 0 Å². The van der Waals surface area contributed by atoms with Crippen LogP contribution in [0.3, 0.4) is 0 Å². The van der Waals surface area contributed by atoms with Crippen LogP contribution in [0, 0.1) is 6.92 Å². The summed E-state index contributed by atoms with van der Waals surface area (Å²) < 4.78 is 10.7. The molecule has 0 aliphatic carbocycles. The SMILES string of the molecule is CCOC(=O)C(C)N(Cc1ccccc1)C(=O)COc1ccc(C)cc1. The van der Waals surface area contributed by atoms with Crippen LogP contribution in [0.25, 0.3) is 0 Å². The van der Waals surface area contributed by atoms with E-state index in [0.29, 0.717) is 12.3 Å². The summed E-state index contributed by atoms with van der Waals surface area (Å²) >= 11 is 0. The molecular weight excluding hydrogens is 330 g/mol. The quantitative estimate of drug-likeness (QED) is 0.682. The largest absolute Gasteiger partial charge is 0.484 e. The number of hydrogen-bond acceptors (Lipinski definition) is 4. The van der Waals surface area contributed by atoms with Gasteiger partial charge in [-0.05, 0) is 38.5 Å². The Morgan fingerprint density at radius 3 is 2.31 bits per heavy atom. The van der Waals surface area contributed by atoms with Crippen LogP contribution >= 0.6 is 0 Å². The van der Waals surface area contributed by atoms with E-state index in [9.17, 15) is 9.59 Å².